The molecule has 0 atom stereocenters. The van der Waals surface area contributed by atoms with Gasteiger partial charge in [0.1, 0.15) is 5.75 Å². The number of amides is 1. The normalized spacial score (nSPS) is 11.0. The molecule has 0 spiro atoms. The molecule has 4 rings (SSSR count). The molecule has 0 aliphatic carbocycles. The molecular weight excluding hydrogens is 446 g/mol. The number of hydrogen-bond acceptors (Lipinski definition) is 6. The van der Waals surface area contributed by atoms with Gasteiger partial charge in [0.15, 0.2) is 11.0 Å². The number of ether oxygens (including phenoxy) is 1. The average Bonchev–Trinajstić information content (AvgIpc) is 3.29. The van der Waals surface area contributed by atoms with Crippen molar-refractivity contribution in [3.05, 3.63) is 90.0 Å². The van der Waals surface area contributed by atoms with Gasteiger partial charge in [-0.05, 0) is 43.7 Å². The van der Waals surface area contributed by atoms with E-state index in [9.17, 15) is 4.79 Å². The molecule has 1 amide bonds. The predicted molar refractivity (Wildman–Crippen MR) is 136 cm³/mol. The minimum Gasteiger partial charge on any atom is -0.494 e. The first kappa shape index (κ1) is 23.3. The Morgan fingerprint density at radius 1 is 1.03 bits per heavy atom. The molecule has 172 valence electrons. The second kappa shape index (κ2) is 11.3. The van der Waals surface area contributed by atoms with Gasteiger partial charge in [-0.25, -0.2) is 5.43 Å². The molecule has 0 saturated carbocycles. The zero-order chi connectivity index (χ0) is 23.8. The van der Waals surface area contributed by atoms with Crippen LogP contribution in [0.3, 0.4) is 0 Å². The molecule has 0 unspecified atom stereocenters. The van der Waals surface area contributed by atoms with E-state index in [0.717, 1.165) is 22.6 Å². The summed E-state index contributed by atoms with van der Waals surface area (Å²) in [5, 5.41) is 13.4. The molecule has 7 nitrogen and oxygen atoms in total. The molecule has 0 bridgehead atoms. The summed E-state index contributed by atoms with van der Waals surface area (Å²) < 4.78 is 7.51. The SMILES string of the molecule is CCOc1ccc(-n2c(SCC(=O)N/N=C\c3ccc(C)cc3)nnc2-c2ccccc2)cc1. The Labute approximate surface area is 202 Å². The maximum absolute atomic E-state index is 12.4. The molecule has 4 aromatic rings. The van der Waals surface area contributed by atoms with Crippen LogP contribution in [0.2, 0.25) is 0 Å². The van der Waals surface area contributed by atoms with E-state index in [1.165, 1.54) is 17.3 Å². The number of nitrogens with one attached hydrogen (secondary N) is 1. The fourth-order valence-corrected chi connectivity index (χ4v) is 3.97. The average molecular weight is 472 g/mol. The van der Waals surface area contributed by atoms with Crippen molar-refractivity contribution in [1.82, 2.24) is 20.2 Å². The minimum absolute atomic E-state index is 0.148. The zero-order valence-electron chi connectivity index (χ0n) is 19.0. The number of aromatic nitrogens is 3. The van der Waals surface area contributed by atoms with E-state index in [2.05, 4.69) is 20.7 Å². The minimum atomic E-state index is -0.226. The van der Waals surface area contributed by atoms with Crippen molar-refractivity contribution in [1.29, 1.82) is 0 Å². The summed E-state index contributed by atoms with van der Waals surface area (Å²) in [7, 11) is 0. The number of hydrogen-bond donors (Lipinski definition) is 1. The molecule has 1 N–H and O–H groups in total. The fourth-order valence-electron chi connectivity index (χ4n) is 3.22. The molecule has 0 aliphatic heterocycles. The summed E-state index contributed by atoms with van der Waals surface area (Å²) in [6.45, 7) is 4.57. The Hall–Kier alpha value is -3.91. The zero-order valence-corrected chi connectivity index (χ0v) is 19.8. The number of rotatable bonds is 9. The summed E-state index contributed by atoms with van der Waals surface area (Å²) in [5.74, 6) is 1.41. The molecule has 34 heavy (non-hydrogen) atoms. The highest BCUT2D eigenvalue weighted by Crippen LogP contribution is 2.28. The van der Waals surface area contributed by atoms with Gasteiger partial charge < -0.3 is 4.74 Å². The third kappa shape index (κ3) is 5.90. The standard InChI is InChI=1S/C26H25N5O2S/c1-3-33-23-15-13-22(14-16-23)31-25(21-7-5-4-6-8-21)29-30-26(31)34-18-24(32)28-27-17-20-11-9-19(2)10-12-20/h4-17H,3,18H2,1-2H3,(H,28,32)/b27-17-. The Balaban J connectivity index is 1.50. The summed E-state index contributed by atoms with van der Waals surface area (Å²) in [6.07, 6.45) is 1.62. The second-order valence-electron chi connectivity index (χ2n) is 7.43. The quantitative estimate of drug-likeness (QED) is 0.214. The Morgan fingerprint density at radius 2 is 1.76 bits per heavy atom. The van der Waals surface area contributed by atoms with Crippen molar-refractivity contribution in [2.24, 2.45) is 5.10 Å². The van der Waals surface area contributed by atoms with Crippen molar-refractivity contribution in [3.8, 4) is 22.8 Å². The van der Waals surface area contributed by atoms with E-state index in [1.54, 1.807) is 6.21 Å². The first-order valence-corrected chi connectivity index (χ1v) is 11.9. The van der Waals surface area contributed by atoms with Crippen LogP contribution in [0.5, 0.6) is 5.75 Å². The van der Waals surface area contributed by atoms with Crippen LogP contribution in [0.15, 0.2) is 89.1 Å². The Kier molecular flexibility index (Phi) is 7.72. The fraction of sp³-hybridized carbons (Fsp3) is 0.154. The Morgan fingerprint density at radius 3 is 2.47 bits per heavy atom. The lowest BCUT2D eigenvalue weighted by Gasteiger charge is -2.11. The topological polar surface area (TPSA) is 81.4 Å². The van der Waals surface area contributed by atoms with Gasteiger partial charge in [-0.15, -0.1) is 10.2 Å². The number of benzene rings is 3. The summed E-state index contributed by atoms with van der Waals surface area (Å²) in [4.78, 5) is 12.4. The number of carbonyl (C=O) groups excluding carboxylic acids is 1. The van der Waals surface area contributed by atoms with Crippen LogP contribution in [0.1, 0.15) is 18.1 Å². The van der Waals surface area contributed by atoms with Crippen LogP contribution in [0, 0.1) is 6.92 Å². The van der Waals surface area contributed by atoms with Crippen molar-refractivity contribution < 1.29 is 9.53 Å². The van der Waals surface area contributed by atoms with E-state index >= 15 is 0 Å². The van der Waals surface area contributed by atoms with E-state index in [4.69, 9.17) is 4.74 Å². The van der Waals surface area contributed by atoms with Gasteiger partial charge in [-0.3, -0.25) is 9.36 Å². The monoisotopic (exact) mass is 471 g/mol. The predicted octanol–water partition coefficient (Wildman–Crippen LogP) is 4.88. The van der Waals surface area contributed by atoms with Crippen molar-refractivity contribution >= 4 is 23.9 Å². The maximum Gasteiger partial charge on any atom is 0.250 e. The van der Waals surface area contributed by atoms with Crippen molar-refractivity contribution in [2.45, 2.75) is 19.0 Å². The van der Waals surface area contributed by atoms with Crippen LogP contribution in [-0.2, 0) is 4.79 Å². The van der Waals surface area contributed by atoms with Crippen LogP contribution >= 0.6 is 11.8 Å². The highest BCUT2D eigenvalue weighted by Gasteiger charge is 2.17. The van der Waals surface area contributed by atoms with Gasteiger partial charge in [-0.1, -0.05) is 71.9 Å². The lowest BCUT2D eigenvalue weighted by Crippen LogP contribution is -2.20. The van der Waals surface area contributed by atoms with E-state index < -0.39 is 0 Å². The smallest absolute Gasteiger partial charge is 0.250 e. The van der Waals surface area contributed by atoms with E-state index in [1.807, 2.05) is 97.3 Å². The van der Waals surface area contributed by atoms with Gasteiger partial charge in [0.25, 0.3) is 5.91 Å². The molecule has 8 heteroatoms. The summed E-state index contributed by atoms with van der Waals surface area (Å²) >= 11 is 1.30. The molecule has 0 radical (unpaired) electrons. The molecule has 1 aromatic heterocycles. The molecule has 0 aliphatic rings. The van der Waals surface area contributed by atoms with Gasteiger partial charge in [0.05, 0.1) is 18.6 Å². The number of nitrogens with zero attached hydrogens (tertiary/aromatic N) is 4. The number of carbonyl (C=O) groups is 1. The molecule has 0 fully saturated rings. The van der Waals surface area contributed by atoms with Gasteiger partial charge in [0.2, 0.25) is 0 Å². The second-order valence-corrected chi connectivity index (χ2v) is 8.37. The summed E-state index contributed by atoms with van der Waals surface area (Å²) in [5.41, 5.74) is 6.47. The third-order valence-corrected chi connectivity index (χ3v) is 5.81. The van der Waals surface area contributed by atoms with Gasteiger partial charge >= 0.3 is 0 Å². The van der Waals surface area contributed by atoms with Crippen molar-refractivity contribution in [3.63, 3.8) is 0 Å². The largest absolute Gasteiger partial charge is 0.494 e. The molecule has 1 heterocycles. The van der Waals surface area contributed by atoms with Gasteiger partial charge in [-0.2, -0.15) is 5.10 Å². The van der Waals surface area contributed by atoms with Crippen LogP contribution in [0.25, 0.3) is 17.1 Å². The van der Waals surface area contributed by atoms with E-state index in [0.29, 0.717) is 17.6 Å². The maximum atomic E-state index is 12.4. The van der Waals surface area contributed by atoms with Crippen LogP contribution in [0.4, 0.5) is 0 Å². The summed E-state index contributed by atoms with van der Waals surface area (Å²) in [6, 6.07) is 25.5. The van der Waals surface area contributed by atoms with Crippen LogP contribution < -0.4 is 10.2 Å². The lowest BCUT2D eigenvalue weighted by atomic mass is 10.2. The third-order valence-electron chi connectivity index (χ3n) is 4.88. The lowest BCUT2D eigenvalue weighted by molar-refractivity contribution is -0.118. The molecule has 0 saturated heterocycles. The first-order valence-electron chi connectivity index (χ1n) is 10.9. The number of hydrazone groups is 1. The molecule has 3 aromatic carbocycles. The van der Waals surface area contributed by atoms with E-state index in [-0.39, 0.29) is 11.7 Å². The van der Waals surface area contributed by atoms with Crippen molar-refractivity contribution in [2.75, 3.05) is 12.4 Å². The first-order chi connectivity index (χ1) is 16.6. The van der Waals surface area contributed by atoms with Gasteiger partial charge in [0, 0.05) is 11.3 Å². The molecular formula is C26H25N5O2S. The highest BCUT2D eigenvalue weighted by molar-refractivity contribution is 7.99. The highest BCUT2D eigenvalue weighted by atomic mass is 32.2. The number of aryl methyl sites for hydroxylation is 1. The Bertz CT molecular complexity index is 1250. The number of thioether (sulfide) groups is 1. The van der Waals surface area contributed by atoms with Crippen LogP contribution in [-0.4, -0.2) is 39.2 Å².